The Balaban J connectivity index is 3.92. The molecule has 0 aliphatic carbocycles. The molecular weight excluding hydrogens is 328 g/mol. The Morgan fingerprint density at radius 3 is 2.27 bits per heavy atom. The van der Waals surface area contributed by atoms with Crippen molar-refractivity contribution in [3.8, 4) is 0 Å². The van der Waals surface area contributed by atoms with Gasteiger partial charge in [-0.1, -0.05) is 79.8 Å². The van der Waals surface area contributed by atoms with E-state index in [2.05, 4.69) is 19.1 Å². The van der Waals surface area contributed by atoms with Crippen molar-refractivity contribution in [1.82, 2.24) is 0 Å². The first-order valence-electron chi connectivity index (χ1n) is 9.08. The normalized spacial score (nSPS) is 15.5. The Labute approximate surface area is 157 Å². The number of aliphatic hydroxyl groups is 2. The van der Waals surface area contributed by atoms with Gasteiger partial charge >= 0.3 is 0 Å². The molecule has 0 amide bonds. The number of carbonyl (C=O) groups is 1. The summed E-state index contributed by atoms with van der Waals surface area (Å²) in [6.45, 7) is 2.08. The van der Waals surface area contributed by atoms with E-state index < -0.39 is 18.2 Å². The fourth-order valence-electron chi connectivity index (χ4n) is 1.90. The van der Waals surface area contributed by atoms with Crippen molar-refractivity contribution in [3.05, 3.63) is 72.9 Å². The molecule has 2 atom stereocenters. The molecule has 0 spiro atoms. The zero-order valence-electron chi connectivity index (χ0n) is 15.5. The molecule has 0 bridgehead atoms. The minimum absolute atomic E-state index is 0.0464. The molecule has 0 aliphatic heterocycles. The van der Waals surface area contributed by atoms with Crippen LogP contribution >= 0.6 is 0 Å². The zero-order valence-corrected chi connectivity index (χ0v) is 15.5. The van der Waals surface area contributed by atoms with Crippen molar-refractivity contribution in [2.45, 2.75) is 57.7 Å². The van der Waals surface area contributed by atoms with Crippen LogP contribution in [0.2, 0.25) is 0 Å². The first kappa shape index (κ1) is 23.8. The predicted octanol–water partition coefficient (Wildman–Crippen LogP) is 3.16. The molecular formula is C22H31O4-. The highest BCUT2D eigenvalue weighted by Gasteiger charge is 2.10. The average molecular weight is 359 g/mol. The van der Waals surface area contributed by atoms with Crippen molar-refractivity contribution in [3.63, 3.8) is 0 Å². The molecule has 0 aromatic heterocycles. The van der Waals surface area contributed by atoms with Gasteiger partial charge in [0.1, 0.15) is 0 Å². The first-order chi connectivity index (χ1) is 12.6. The van der Waals surface area contributed by atoms with Crippen LogP contribution in [0, 0.1) is 0 Å². The summed E-state index contributed by atoms with van der Waals surface area (Å²) in [7, 11) is 0. The van der Waals surface area contributed by atoms with Crippen LogP contribution < -0.4 is 5.11 Å². The molecule has 4 nitrogen and oxygen atoms in total. The van der Waals surface area contributed by atoms with E-state index in [-0.39, 0.29) is 6.42 Å². The molecule has 0 fully saturated rings. The van der Waals surface area contributed by atoms with Crippen LogP contribution in [-0.2, 0) is 4.79 Å². The third kappa shape index (κ3) is 16.7. The monoisotopic (exact) mass is 359 g/mol. The number of hydrogen-bond donors (Lipinski definition) is 2. The molecule has 0 saturated carbocycles. The summed E-state index contributed by atoms with van der Waals surface area (Å²) in [5.74, 6) is -1.03. The molecule has 4 heteroatoms. The van der Waals surface area contributed by atoms with E-state index in [1.165, 1.54) is 0 Å². The van der Waals surface area contributed by atoms with Gasteiger partial charge < -0.3 is 20.1 Å². The summed E-state index contributed by atoms with van der Waals surface area (Å²) in [5, 5.41) is 29.9. The molecule has 0 aromatic rings. The van der Waals surface area contributed by atoms with Gasteiger partial charge in [0, 0.05) is 5.97 Å². The SMILES string of the molecule is CC/C=C\C/C=C\C[C@H](O)[C@H](O)/C=C/C=C/C=C\C/C=C\CCC(=O)[O-]. The van der Waals surface area contributed by atoms with Gasteiger partial charge in [-0.25, -0.2) is 0 Å². The number of carbonyl (C=O) groups excluding carboxylic acids is 1. The third-order valence-corrected chi connectivity index (χ3v) is 3.34. The Bertz CT molecular complexity index is 524. The molecule has 0 rings (SSSR count). The highest BCUT2D eigenvalue weighted by Crippen LogP contribution is 2.03. The summed E-state index contributed by atoms with van der Waals surface area (Å²) in [4.78, 5) is 10.2. The van der Waals surface area contributed by atoms with Crippen molar-refractivity contribution < 1.29 is 20.1 Å². The maximum absolute atomic E-state index is 10.2. The Hall–Kier alpha value is -2.17. The van der Waals surface area contributed by atoms with E-state index in [0.29, 0.717) is 12.8 Å². The van der Waals surface area contributed by atoms with Crippen LogP contribution in [0.3, 0.4) is 0 Å². The first-order valence-corrected chi connectivity index (χ1v) is 9.08. The van der Waals surface area contributed by atoms with Gasteiger partial charge in [-0.05, 0) is 38.5 Å². The van der Waals surface area contributed by atoms with Crippen molar-refractivity contribution in [2.24, 2.45) is 0 Å². The molecule has 0 radical (unpaired) electrons. The maximum Gasteiger partial charge on any atom is 0.0986 e. The number of carboxylic acids is 1. The third-order valence-electron chi connectivity index (χ3n) is 3.34. The van der Waals surface area contributed by atoms with Crippen LogP contribution in [0.4, 0.5) is 0 Å². The van der Waals surface area contributed by atoms with Crippen LogP contribution in [0.15, 0.2) is 72.9 Å². The van der Waals surface area contributed by atoms with Crippen molar-refractivity contribution >= 4 is 5.97 Å². The van der Waals surface area contributed by atoms with Gasteiger partial charge in [0.25, 0.3) is 0 Å². The number of allylic oxidation sites excluding steroid dienone is 10. The van der Waals surface area contributed by atoms with Gasteiger partial charge in [0.15, 0.2) is 0 Å². The highest BCUT2D eigenvalue weighted by molar-refractivity contribution is 5.64. The molecule has 0 saturated heterocycles. The fraction of sp³-hybridized carbons (Fsp3) is 0.409. The van der Waals surface area contributed by atoms with Crippen molar-refractivity contribution in [1.29, 1.82) is 0 Å². The number of aliphatic hydroxyl groups excluding tert-OH is 2. The molecule has 0 unspecified atom stereocenters. The lowest BCUT2D eigenvalue weighted by atomic mass is 10.1. The van der Waals surface area contributed by atoms with E-state index in [1.54, 1.807) is 18.2 Å². The Morgan fingerprint density at radius 1 is 0.885 bits per heavy atom. The van der Waals surface area contributed by atoms with Gasteiger partial charge in [0.2, 0.25) is 0 Å². The number of hydrogen-bond acceptors (Lipinski definition) is 4. The molecule has 144 valence electrons. The molecule has 0 aliphatic rings. The second-order valence-electron chi connectivity index (χ2n) is 5.70. The van der Waals surface area contributed by atoms with Gasteiger partial charge in [-0.2, -0.15) is 0 Å². The second-order valence-corrected chi connectivity index (χ2v) is 5.70. The van der Waals surface area contributed by atoms with Crippen LogP contribution in [0.25, 0.3) is 0 Å². The van der Waals surface area contributed by atoms with Gasteiger partial charge in [0.05, 0.1) is 12.2 Å². The topological polar surface area (TPSA) is 80.6 Å². The Morgan fingerprint density at radius 2 is 1.54 bits per heavy atom. The summed E-state index contributed by atoms with van der Waals surface area (Å²) in [6, 6.07) is 0. The minimum Gasteiger partial charge on any atom is -0.550 e. The quantitative estimate of drug-likeness (QED) is 0.369. The second kappa shape index (κ2) is 17.6. The van der Waals surface area contributed by atoms with Crippen LogP contribution in [-0.4, -0.2) is 28.4 Å². The fourth-order valence-corrected chi connectivity index (χ4v) is 1.90. The largest absolute Gasteiger partial charge is 0.550 e. The Kier molecular flexibility index (Phi) is 16.2. The van der Waals surface area contributed by atoms with E-state index in [4.69, 9.17) is 0 Å². The summed E-state index contributed by atoms with van der Waals surface area (Å²) in [5.41, 5.74) is 0. The van der Waals surface area contributed by atoms with Gasteiger partial charge in [-0.3, -0.25) is 0 Å². The summed E-state index contributed by atoms with van der Waals surface area (Å²) < 4.78 is 0. The smallest absolute Gasteiger partial charge is 0.0986 e. The van der Waals surface area contributed by atoms with Crippen molar-refractivity contribution in [2.75, 3.05) is 0 Å². The standard InChI is InChI=1S/C22H32O4/c1-2-3-4-5-11-14-17-20(23)21(24)18-15-12-9-7-6-8-10-13-16-19-22(25)26/h3-4,6-7,9-15,18,20-21,23-24H,2,5,8,16-17,19H2,1H3,(H,25,26)/p-1/b4-3-,7-6-,12-9+,13-10-,14-11-,18-15+/t20-,21+/m0/s1. The van der Waals surface area contributed by atoms with E-state index in [1.807, 2.05) is 42.5 Å². The van der Waals surface area contributed by atoms with Crippen LogP contribution in [0.5, 0.6) is 0 Å². The molecule has 0 aromatic carbocycles. The maximum atomic E-state index is 10.2. The molecule has 2 N–H and O–H groups in total. The lowest BCUT2D eigenvalue weighted by Gasteiger charge is -2.11. The van der Waals surface area contributed by atoms with E-state index >= 15 is 0 Å². The molecule has 26 heavy (non-hydrogen) atoms. The average Bonchev–Trinajstić information content (AvgIpc) is 2.61. The minimum atomic E-state index is -1.03. The highest BCUT2D eigenvalue weighted by atomic mass is 16.4. The zero-order chi connectivity index (χ0) is 19.5. The van der Waals surface area contributed by atoms with Crippen LogP contribution in [0.1, 0.15) is 45.4 Å². The lowest BCUT2D eigenvalue weighted by molar-refractivity contribution is -0.305. The summed E-state index contributed by atoms with van der Waals surface area (Å²) in [6.07, 6.45) is 24.2. The van der Waals surface area contributed by atoms with E-state index in [9.17, 15) is 20.1 Å². The number of aliphatic carboxylic acids is 1. The lowest BCUT2D eigenvalue weighted by Crippen LogP contribution is -2.22. The molecule has 0 heterocycles. The van der Waals surface area contributed by atoms with E-state index in [0.717, 1.165) is 19.3 Å². The summed E-state index contributed by atoms with van der Waals surface area (Å²) >= 11 is 0. The van der Waals surface area contributed by atoms with Gasteiger partial charge in [-0.15, -0.1) is 0 Å². The number of carboxylic acid groups (broad SMARTS) is 1. The predicted molar refractivity (Wildman–Crippen MR) is 105 cm³/mol. The number of rotatable bonds is 14.